The van der Waals surface area contributed by atoms with Gasteiger partial charge in [-0.1, -0.05) is 23.7 Å². The van der Waals surface area contributed by atoms with E-state index in [9.17, 15) is 9.90 Å². The fraction of sp³-hybridized carbons (Fsp3) is 0.433. The van der Waals surface area contributed by atoms with Crippen molar-refractivity contribution in [1.82, 2.24) is 24.3 Å². The molecule has 39 heavy (non-hydrogen) atoms. The van der Waals surface area contributed by atoms with Gasteiger partial charge >= 0.3 is 6.09 Å². The highest BCUT2D eigenvalue weighted by molar-refractivity contribution is 6.30. The minimum Gasteiger partial charge on any atom is -0.446 e. The van der Waals surface area contributed by atoms with Crippen LogP contribution in [0, 0.1) is 0 Å². The van der Waals surface area contributed by atoms with Gasteiger partial charge in [-0.2, -0.15) is 0 Å². The highest BCUT2D eigenvalue weighted by Crippen LogP contribution is 2.46. The maximum atomic E-state index is 12.8. The van der Waals surface area contributed by atoms with Crippen LogP contribution >= 0.6 is 11.6 Å². The van der Waals surface area contributed by atoms with Crippen LogP contribution in [0.5, 0.6) is 0 Å². The largest absolute Gasteiger partial charge is 0.446 e. The molecular formula is C30H34ClN5O3. The number of hydrogen-bond donors (Lipinski definition) is 1. The minimum atomic E-state index is -1.34. The Hall–Kier alpha value is -3.20. The van der Waals surface area contributed by atoms with E-state index in [1.165, 1.54) is 0 Å². The Kier molecular flexibility index (Phi) is 6.95. The number of carbonyl (C=O) groups excluding carboxylic acids is 1. The van der Waals surface area contributed by atoms with Crippen LogP contribution in [-0.2, 0) is 17.4 Å². The number of aliphatic hydroxyl groups is 1. The molecule has 0 spiro atoms. The summed E-state index contributed by atoms with van der Waals surface area (Å²) in [5, 5.41) is 12.6. The highest BCUT2D eigenvalue weighted by atomic mass is 35.5. The molecule has 1 amide bonds. The van der Waals surface area contributed by atoms with Gasteiger partial charge in [0.25, 0.3) is 0 Å². The molecule has 1 saturated heterocycles. The molecule has 3 heterocycles. The zero-order chi connectivity index (χ0) is 27.1. The van der Waals surface area contributed by atoms with Crippen molar-refractivity contribution in [3.63, 3.8) is 0 Å². The molecule has 6 rings (SSSR count). The Morgan fingerprint density at radius 1 is 1.15 bits per heavy atom. The van der Waals surface area contributed by atoms with E-state index in [-0.39, 0.29) is 18.2 Å². The lowest BCUT2D eigenvalue weighted by Gasteiger charge is -2.39. The van der Waals surface area contributed by atoms with Gasteiger partial charge in [-0.3, -0.25) is 9.88 Å². The third-order valence-corrected chi connectivity index (χ3v) is 8.61. The second-order valence-electron chi connectivity index (χ2n) is 10.9. The second-order valence-corrected chi connectivity index (χ2v) is 11.4. The maximum Gasteiger partial charge on any atom is 0.410 e. The second kappa shape index (κ2) is 10.4. The fourth-order valence-corrected chi connectivity index (χ4v) is 6.46. The van der Waals surface area contributed by atoms with E-state index in [2.05, 4.69) is 9.88 Å². The molecule has 1 aliphatic heterocycles. The Labute approximate surface area is 233 Å². The van der Waals surface area contributed by atoms with Crippen molar-refractivity contribution in [3.8, 4) is 0 Å². The zero-order valence-electron chi connectivity index (χ0n) is 22.4. The Balaban J connectivity index is 1.36. The number of aromatic nitrogens is 3. The van der Waals surface area contributed by atoms with Crippen LogP contribution in [0.25, 0.3) is 11.6 Å². The van der Waals surface area contributed by atoms with E-state index in [0.29, 0.717) is 36.9 Å². The molecule has 2 aliphatic carbocycles. The first-order valence-corrected chi connectivity index (χ1v) is 14.1. The molecule has 1 unspecified atom stereocenters. The van der Waals surface area contributed by atoms with Crippen molar-refractivity contribution < 1.29 is 14.6 Å². The summed E-state index contributed by atoms with van der Waals surface area (Å²) in [4.78, 5) is 26.1. The van der Waals surface area contributed by atoms with Gasteiger partial charge in [-0.15, -0.1) is 0 Å². The molecule has 1 aromatic carbocycles. The van der Waals surface area contributed by atoms with E-state index in [1.807, 2.05) is 59.1 Å². The SMILES string of the molecule is Cn1cncc1C(C)(O)C1=Cc2cccnc2[C@@H](N2CCN(C(=O)OC3CCCC3)CC2)c2ccc(Cl)cc21. The van der Waals surface area contributed by atoms with Crippen LogP contribution < -0.4 is 0 Å². The van der Waals surface area contributed by atoms with Crippen LogP contribution in [0.15, 0.2) is 49.1 Å². The maximum absolute atomic E-state index is 12.8. The lowest BCUT2D eigenvalue weighted by atomic mass is 9.84. The summed E-state index contributed by atoms with van der Waals surface area (Å²) in [6.45, 7) is 4.32. The molecule has 0 bridgehead atoms. The van der Waals surface area contributed by atoms with E-state index in [4.69, 9.17) is 21.3 Å². The van der Waals surface area contributed by atoms with Crippen LogP contribution in [0.2, 0.25) is 5.02 Å². The van der Waals surface area contributed by atoms with Crippen molar-refractivity contribution in [2.75, 3.05) is 26.2 Å². The first-order chi connectivity index (χ1) is 18.8. The average molecular weight is 548 g/mol. The van der Waals surface area contributed by atoms with E-state index >= 15 is 0 Å². The number of rotatable bonds is 4. The van der Waals surface area contributed by atoms with E-state index in [0.717, 1.165) is 53.6 Å². The van der Waals surface area contributed by atoms with Crippen molar-refractivity contribution in [3.05, 3.63) is 82.2 Å². The number of aryl methyl sites for hydroxylation is 1. The van der Waals surface area contributed by atoms with Gasteiger partial charge in [-0.25, -0.2) is 9.78 Å². The van der Waals surface area contributed by atoms with Crippen LogP contribution in [0.3, 0.4) is 0 Å². The van der Waals surface area contributed by atoms with Crippen molar-refractivity contribution in [2.45, 2.75) is 50.4 Å². The van der Waals surface area contributed by atoms with Gasteiger partial charge < -0.3 is 19.3 Å². The Morgan fingerprint density at radius 2 is 1.92 bits per heavy atom. The topological polar surface area (TPSA) is 83.7 Å². The summed E-state index contributed by atoms with van der Waals surface area (Å²) in [6, 6.07) is 9.66. The summed E-state index contributed by atoms with van der Waals surface area (Å²) >= 11 is 6.56. The van der Waals surface area contributed by atoms with Crippen LogP contribution in [-0.4, -0.2) is 67.8 Å². The lowest BCUT2D eigenvalue weighted by molar-refractivity contribution is 0.0433. The number of nitrogens with zero attached hydrogens (tertiary/aromatic N) is 5. The lowest BCUT2D eigenvalue weighted by Crippen LogP contribution is -2.50. The molecule has 1 N–H and O–H groups in total. The first kappa shape index (κ1) is 26.0. The number of carbonyl (C=O) groups is 1. The van der Waals surface area contributed by atoms with Gasteiger partial charge in [0.15, 0.2) is 0 Å². The Morgan fingerprint density at radius 3 is 2.64 bits per heavy atom. The van der Waals surface area contributed by atoms with Gasteiger partial charge in [-0.05, 0) is 79.1 Å². The highest BCUT2D eigenvalue weighted by Gasteiger charge is 2.39. The molecule has 0 radical (unpaired) electrons. The number of hydrogen-bond acceptors (Lipinski definition) is 6. The van der Waals surface area contributed by atoms with Gasteiger partial charge in [0.2, 0.25) is 0 Å². The predicted octanol–water partition coefficient (Wildman–Crippen LogP) is 5.02. The smallest absolute Gasteiger partial charge is 0.410 e. The normalized spacial score (nSPS) is 21.5. The third-order valence-electron chi connectivity index (χ3n) is 8.38. The molecule has 2 aromatic heterocycles. The number of piperazine rings is 1. The molecule has 204 valence electrons. The molecule has 9 heteroatoms. The number of halogens is 1. The van der Waals surface area contributed by atoms with Crippen molar-refractivity contribution >= 4 is 29.3 Å². The Bertz CT molecular complexity index is 1400. The number of benzene rings is 1. The quantitative estimate of drug-likeness (QED) is 0.494. The van der Waals surface area contributed by atoms with Gasteiger partial charge in [0.1, 0.15) is 11.7 Å². The molecule has 3 aromatic rings. The summed E-state index contributed by atoms with van der Waals surface area (Å²) in [5.74, 6) is 0. The van der Waals surface area contributed by atoms with E-state index < -0.39 is 5.60 Å². The van der Waals surface area contributed by atoms with Gasteiger partial charge in [0.05, 0.1) is 30.0 Å². The fourth-order valence-electron chi connectivity index (χ4n) is 6.28. The first-order valence-electron chi connectivity index (χ1n) is 13.7. The van der Waals surface area contributed by atoms with E-state index in [1.54, 1.807) is 19.4 Å². The van der Waals surface area contributed by atoms with Crippen molar-refractivity contribution in [1.29, 1.82) is 0 Å². The molecule has 3 aliphatic rings. The van der Waals surface area contributed by atoms with Crippen molar-refractivity contribution in [2.24, 2.45) is 7.05 Å². The summed E-state index contributed by atoms with van der Waals surface area (Å²) in [7, 11) is 1.88. The monoisotopic (exact) mass is 547 g/mol. The number of imidazole rings is 1. The predicted molar refractivity (Wildman–Crippen MR) is 150 cm³/mol. The molecule has 2 atom stereocenters. The average Bonchev–Trinajstić information content (AvgIpc) is 3.58. The summed E-state index contributed by atoms with van der Waals surface area (Å²) in [5.41, 5.74) is 3.83. The van der Waals surface area contributed by atoms with Crippen LogP contribution in [0.4, 0.5) is 4.79 Å². The number of pyridine rings is 1. The summed E-state index contributed by atoms with van der Waals surface area (Å²) < 4.78 is 7.61. The number of fused-ring (bicyclic) bond motifs is 2. The minimum absolute atomic E-state index is 0.0572. The molecular weight excluding hydrogens is 514 g/mol. The molecule has 2 fully saturated rings. The van der Waals surface area contributed by atoms with Crippen LogP contribution in [0.1, 0.15) is 66.7 Å². The number of amides is 1. The number of ether oxygens (including phenoxy) is 1. The molecule has 1 saturated carbocycles. The standard InChI is InChI=1S/C30H34ClN5O3/c1-30(38,26-18-32-19-34(26)2)25-16-20-6-5-11-33-27(20)28(23-10-9-21(31)17-24(23)25)35-12-14-36(15-13-35)29(37)39-22-7-3-4-8-22/h5-6,9-11,16-19,22,28,38H,3-4,7-8,12-15H2,1-2H3/t28-,30?/m0/s1. The molecule has 8 nitrogen and oxygen atoms in total. The third kappa shape index (κ3) is 4.86. The zero-order valence-corrected chi connectivity index (χ0v) is 23.1. The summed E-state index contributed by atoms with van der Waals surface area (Å²) in [6.07, 6.45) is 11.3. The van der Waals surface area contributed by atoms with Gasteiger partial charge in [0, 0.05) is 44.4 Å².